The van der Waals surface area contributed by atoms with Crippen molar-refractivity contribution in [1.82, 2.24) is 9.71 Å². The molecule has 0 aliphatic carbocycles. The standard InChI is InChI=1S/C29H32N2O7S/c1-17-8-9-25(37-19(3)20-10-13-36-14-11-20)26-22(29(33)31-39(34,35)15-12-32)16-23(30-27(17)26)28-18(2)21-6-4-5-7-24(21)38-28/h4-9,16,19-20,32H,10-15H2,1-3H3,(H,31,33). The second kappa shape index (κ2) is 11.0. The van der Waals surface area contributed by atoms with Gasteiger partial charge < -0.3 is 19.0 Å². The van der Waals surface area contributed by atoms with Crippen LogP contribution in [0.25, 0.3) is 33.3 Å². The number of sulfonamides is 1. The molecule has 3 heterocycles. The van der Waals surface area contributed by atoms with E-state index in [4.69, 9.17) is 18.9 Å². The quantitative estimate of drug-likeness (QED) is 0.327. The molecule has 0 saturated carbocycles. The van der Waals surface area contributed by atoms with Gasteiger partial charge in [0.2, 0.25) is 10.0 Å². The van der Waals surface area contributed by atoms with Gasteiger partial charge >= 0.3 is 0 Å². The Bertz CT molecular complexity index is 1640. The third-order valence-electron chi connectivity index (χ3n) is 7.30. The third kappa shape index (κ3) is 5.50. The lowest BCUT2D eigenvalue weighted by Crippen LogP contribution is -2.34. The number of hydrogen-bond acceptors (Lipinski definition) is 8. The number of para-hydroxylation sites is 1. The average molecular weight is 553 g/mol. The van der Waals surface area contributed by atoms with Crippen LogP contribution in [0.2, 0.25) is 0 Å². The molecule has 1 fully saturated rings. The molecular weight excluding hydrogens is 520 g/mol. The van der Waals surface area contributed by atoms with Gasteiger partial charge in [0.1, 0.15) is 17.0 Å². The number of pyridine rings is 1. The number of rotatable bonds is 8. The summed E-state index contributed by atoms with van der Waals surface area (Å²) in [6.07, 6.45) is 1.57. The van der Waals surface area contributed by atoms with Crippen LogP contribution in [0.4, 0.5) is 0 Å². The van der Waals surface area contributed by atoms with Gasteiger partial charge in [0, 0.05) is 24.2 Å². The van der Waals surface area contributed by atoms with Crippen LogP contribution in [-0.4, -0.2) is 56.1 Å². The van der Waals surface area contributed by atoms with Gasteiger partial charge in [-0.25, -0.2) is 18.1 Å². The van der Waals surface area contributed by atoms with Crippen molar-refractivity contribution in [3.8, 4) is 17.2 Å². The van der Waals surface area contributed by atoms with Crippen LogP contribution in [0, 0.1) is 19.8 Å². The zero-order valence-corrected chi connectivity index (χ0v) is 23.0. The summed E-state index contributed by atoms with van der Waals surface area (Å²) < 4.78 is 45.0. The molecule has 2 N–H and O–H groups in total. The number of aromatic nitrogens is 1. The van der Waals surface area contributed by atoms with Gasteiger partial charge in [0.15, 0.2) is 5.76 Å². The minimum Gasteiger partial charge on any atom is -0.490 e. The summed E-state index contributed by atoms with van der Waals surface area (Å²) in [5, 5.41) is 10.5. The van der Waals surface area contributed by atoms with E-state index in [2.05, 4.69) is 4.72 Å². The number of furan rings is 1. The fraction of sp³-hybridized carbons (Fsp3) is 0.379. The summed E-state index contributed by atoms with van der Waals surface area (Å²) in [7, 11) is -4.07. The number of amides is 1. The monoisotopic (exact) mass is 552 g/mol. The largest absolute Gasteiger partial charge is 0.490 e. The molecule has 2 aromatic heterocycles. The van der Waals surface area contributed by atoms with E-state index in [-0.39, 0.29) is 17.6 Å². The average Bonchev–Trinajstić information content (AvgIpc) is 3.26. The van der Waals surface area contributed by atoms with Gasteiger partial charge in [0.05, 0.1) is 34.9 Å². The maximum absolute atomic E-state index is 13.5. The Kier molecular flexibility index (Phi) is 7.61. The molecular formula is C29H32N2O7S. The number of fused-ring (bicyclic) bond motifs is 2. The minimum absolute atomic E-state index is 0.0919. The molecule has 206 valence electrons. The maximum Gasteiger partial charge on any atom is 0.265 e. The molecule has 10 heteroatoms. The van der Waals surface area contributed by atoms with E-state index in [0.717, 1.165) is 29.4 Å². The predicted octanol–water partition coefficient (Wildman–Crippen LogP) is 4.51. The van der Waals surface area contributed by atoms with E-state index in [1.165, 1.54) is 0 Å². The number of carbonyl (C=O) groups excluding carboxylic acids is 1. The SMILES string of the molecule is Cc1c(-c2cc(C(=O)NS(=O)(=O)CCO)c3c(OC(C)C4CCOCC4)ccc(C)c3n2)oc2ccccc12. The first kappa shape index (κ1) is 27.1. The molecule has 1 unspecified atom stereocenters. The van der Waals surface area contributed by atoms with Crippen LogP contribution in [0.1, 0.15) is 41.3 Å². The van der Waals surface area contributed by atoms with E-state index in [0.29, 0.717) is 46.9 Å². The normalized spacial score (nSPS) is 15.5. The van der Waals surface area contributed by atoms with E-state index >= 15 is 0 Å². The Morgan fingerprint density at radius 1 is 1.18 bits per heavy atom. The van der Waals surface area contributed by atoms with Gasteiger partial charge in [-0.05, 0) is 63.3 Å². The molecule has 39 heavy (non-hydrogen) atoms. The fourth-order valence-electron chi connectivity index (χ4n) is 5.10. The second-order valence-electron chi connectivity index (χ2n) is 9.96. The zero-order chi connectivity index (χ0) is 27.7. The first-order valence-electron chi connectivity index (χ1n) is 13.0. The molecule has 1 saturated heterocycles. The van der Waals surface area contributed by atoms with E-state index in [1.807, 2.05) is 51.1 Å². The third-order valence-corrected chi connectivity index (χ3v) is 8.51. The number of aliphatic hydroxyl groups excluding tert-OH is 1. The Hall–Kier alpha value is -3.47. The van der Waals surface area contributed by atoms with Crippen molar-refractivity contribution in [3.05, 3.63) is 59.2 Å². The summed E-state index contributed by atoms with van der Waals surface area (Å²) in [5.41, 5.74) is 3.33. The molecule has 0 spiro atoms. The second-order valence-corrected chi connectivity index (χ2v) is 11.8. The highest BCUT2D eigenvalue weighted by atomic mass is 32.2. The van der Waals surface area contributed by atoms with Crippen molar-refractivity contribution in [2.24, 2.45) is 5.92 Å². The zero-order valence-electron chi connectivity index (χ0n) is 22.2. The Morgan fingerprint density at radius 2 is 1.92 bits per heavy atom. The van der Waals surface area contributed by atoms with Gasteiger partial charge in [-0.1, -0.05) is 24.3 Å². The van der Waals surface area contributed by atoms with Crippen molar-refractivity contribution in [1.29, 1.82) is 0 Å². The molecule has 1 aliphatic heterocycles. The molecule has 1 aliphatic rings. The highest BCUT2D eigenvalue weighted by Crippen LogP contribution is 2.38. The Labute approximate surface area is 227 Å². The van der Waals surface area contributed by atoms with Gasteiger partial charge in [-0.3, -0.25) is 4.79 Å². The smallest absolute Gasteiger partial charge is 0.265 e. The van der Waals surface area contributed by atoms with Crippen molar-refractivity contribution in [2.45, 2.75) is 39.7 Å². The summed E-state index contributed by atoms with van der Waals surface area (Å²) in [4.78, 5) is 18.4. The number of ether oxygens (including phenoxy) is 2. The first-order chi connectivity index (χ1) is 18.7. The van der Waals surface area contributed by atoms with Gasteiger partial charge in [-0.15, -0.1) is 0 Å². The van der Waals surface area contributed by atoms with Crippen molar-refractivity contribution < 1.29 is 32.2 Å². The highest BCUT2D eigenvalue weighted by molar-refractivity contribution is 7.90. The molecule has 5 rings (SSSR count). The number of nitrogens with zero attached hydrogens (tertiary/aromatic N) is 1. The van der Waals surface area contributed by atoms with Gasteiger partial charge in [0.25, 0.3) is 5.91 Å². The first-order valence-corrected chi connectivity index (χ1v) is 14.7. The predicted molar refractivity (Wildman–Crippen MR) is 148 cm³/mol. The lowest BCUT2D eigenvalue weighted by molar-refractivity contribution is 0.0243. The Morgan fingerprint density at radius 3 is 2.64 bits per heavy atom. The lowest BCUT2D eigenvalue weighted by atomic mass is 9.94. The summed E-state index contributed by atoms with van der Waals surface area (Å²) in [6.45, 7) is 6.52. The van der Waals surface area contributed by atoms with E-state index < -0.39 is 28.3 Å². The van der Waals surface area contributed by atoms with Gasteiger partial charge in [-0.2, -0.15) is 0 Å². The topological polar surface area (TPSA) is 128 Å². The number of aryl methyl sites for hydroxylation is 2. The molecule has 0 bridgehead atoms. The van der Waals surface area contributed by atoms with Crippen LogP contribution in [0.3, 0.4) is 0 Å². The number of benzene rings is 2. The summed E-state index contributed by atoms with van der Waals surface area (Å²) in [5.74, 6) is -0.213. The van der Waals surface area contributed by atoms with Crippen molar-refractivity contribution in [3.63, 3.8) is 0 Å². The van der Waals surface area contributed by atoms with Crippen molar-refractivity contribution in [2.75, 3.05) is 25.6 Å². The molecule has 4 aromatic rings. The Balaban J connectivity index is 1.68. The molecule has 1 amide bonds. The number of aliphatic hydroxyl groups is 1. The van der Waals surface area contributed by atoms with E-state index in [9.17, 15) is 18.3 Å². The maximum atomic E-state index is 13.5. The highest BCUT2D eigenvalue weighted by Gasteiger charge is 2.27. The molecule has 1 atom stereocenters. The molecule has 9 nitrogen and oxygen atoms in total. The van der Waals surface area contributed by atoms with Crippen LogP contribution in [0.15, 0.2) is 46.9 Å². The molecule has 0 radical (unpaired) electrons. The van der Waals surface area contributed by atoms with Crippen LogP contribution >= 0.6 is 0 Å². The lowest BCUT2D eigenvalue weighted by Gasteiger charge is -2.29. The minimum atomic E-state index is -4.07. The number of hydrogen-bond donors (Lipinski definition) is 2. The van der Waals surface area contributed by atoms with Crippen LogP contribution < -0.4 is 9.46 Å². The summed E-state index contributed by atoms with van der Waals surface area (Å²) >= 11 is 0. The number of carbonyl (C=O) groups is 1. The number of nitrogens with one attached hydrogen (secondary N) is 1. The van der Waals surface area contributed by atoms with E-state index in [1.54, 1.807) is 12.1 Å². The fourth-order valence-corrected chi connectivity index (χ4v) is 5.84. The summed E-state index contributed by atoms with van der Waals surface area (Å²) in [6, 6.07) is 12.8. The molecule has 2 aromatic carbocycles. The van der Waals surface area contributed by atoms with Crippen LogP contribution in [0.5, 0.6) is 5.75 Å². The van der Waals surface area contributed by atoms with Crippen molar-refractivity contribution >= 4 is 37.8 Å². The van der Waals surface area contributed by atoms with Crippen LogP contribution in [-0.2, 0) is 14.8 Å².